The van der Waals surface area contributed by atoms with Crippen molar-refractivity contribution in [3.05, 3.63) is 24.3 Å². The van der Waals surface area contributed by atoms with Crippen LogP contribution in [0, 0.1) is 0 Å². The van der Waals surface area contributed by atoms with Gasteiger partial charge in [0.2, 0.25) is 0 Å². The van der Waals surface area contributed by atoms with Crippen LogP contribution in [0.1, 0.15) is 12.8 Å². The number of likely N-dealkylation sites (N-methyl/N-ethyl adjacent to an activating group) is 1. The number of amides is 2. The number of rotatable bonds is 5. The molecule has 2 fully saturated rings. The molecule has 2 heterocycles. The second kappa shape index (κ2) is 9.05. The Kier molecular flexibility index (Phi) is 6.52. The molecule has 148 valence electrons. The lowest BCUT2D eigenvalue weighted by Crippen LogP contribution is -2.54. The van der Waals surface area contributed by atoms with E-state index in [1.165, 1.54) is 12.8 Å². The fourth-order valence-corrected chi connectivity index (χ4v) is 3.86. The standard InChI is InChI=1S/C19H29N5O3/c1-22(14-18(25)26)17-5-3-2-4-16(17)21-19(27)24-12-10-23(11-13-24)15-6-8-20-9-7-15/h2-5,15,20H,6-14H2,1H3,(H,21,27)(H,25,26). The molecule has 2 amide bonds. The van der Waals surface area contributed by atoms with Gasteiger partial charge in [0.15, 0.2) is 0 Å². The van der Waals surface area contributed by atoms with Crippen LogP contribution in [0.25, 0.3) is 0 Å². The number of hydrogen-bond donors (Lipinski definition) is 3. The highest BCUT2D eigenvalue weighted by molar-refractivity contribution is 5.93. The van der Waals surface area contributed by atoms with Crippen molar-refractivity contribution in [1.82, 2.24) is 15.1 Å². The lowest BCUT2D eigenvalue weighted by molar-refractivity contribution is -0.135. The van der Waals surface area contributed by atoms with E-state index in [0.29, 0.717) is 30.5 Å². The van der Waals surface area contributed by atoms with Crippen molar-refractivity contribution in [2.75, 3.05) is 63.1 Å². The van der Waals surface area contributed by atoms with Crippen molar-refractivity contribution in [2.45, 2.75) is 18.9 Å². The van der Waals surface area contributed by atoms with Gasteiger partial charge >= 0.3 is 12.0 Å². The van der Waals surface area contributed by atoms with Crippen molar-refractivity contribution in [3.8, 4) is 0 Å². The molecule has 8 nitrogen and oxygen atoms in total. The molecule has 0 aliphatic carbocycles. The van der Waals surface area contributed by atoms with Crippen molar-refractivity contribution in [1.29, 1.82) is 0 Å². The van der Waals surface area contributed by atoms with Crippen LogP contribution >= 0.6 is 0 Å². The number of nitrogens with zero attached hydrogens (tertiary/aromatic N) is 3. The number of anilines is 2. The Hall–Kier alpha value is -2.32. The molecule has 0 radical (unpaired) electrons. The smallest absolute Gasteiger partial charge is 0.323 e. The largest absolute Gasteiger partial charge is 0.480 e. The van der Waals surface area contributed by atoms with Crippen LogP contribution in [0.5, 0.6) is 0 Å². The van der Waals surface area contributed by atoms with E-state index in [-0.39, 0.29) is 12.6 Å². The van der Waals surface area contributed by atoms with Gasteiger partial charge in [-0.15, -0.1) is 0 Å². The van der Waals surface area contributed by atoms with E-state index in [1.54, 1.807) is 18.0 Å². The number of aliphatic carboxylic acids is 1. The molecule has 2 saturated heterocycles. The number of piperazine rings is 1. The lowest BCUT2D eigenvalue weighted by Gasteiger charge is -2.40. The molecule has 0 bridgehead atoms. The number of carboxylic acid groups (broad SMARTS) is 1. The number of benzene rings is 1. The first kappa shape index (κ1) is 19.4. The van der Waals surface area contributed by atoms with Crippen molar-refractivity contribution >= 4 is 23.4 Å². The zero-order valence-corrected chi connectivity index (χ0v) is 15.9. The number of carbonyl (C=O) groups excluding carboxylic acids is 1. The predicted molar refractivity (Wildman–Crippen MR) is 105 cm³/mol. The minimum Gasteiger partial charge on any atom is -0.480 e. The highest BCUT2D eigenvalue weighted by Gasteiger charge is 2.27. The Labute approximate surface area is 160 Å². The number of piperidine rings is 1. The first-order chi connectivity index (χ1) is 13.0. The molecule has 0 aromatic heterocycles. The van der Waals surface area contributed by atoms with Gasteiger partial charge in [-0.1, -0.05) is 12.1 Å². The number of urea groups is 1. The summed E-state index contributed by atoms with van der Waals surface area (Å²) in [6.45, 7) is 5.25. The van der Waals surface area contributed by atoms with E-state index in [1.807, 2.05) is 23.1 Å². The summed E-state index contributed by atoms with van der Waals surface area (Å²) >= 11 is 0. The first-order valence-electron chi connectivity index (χ1n) is 9.57. The van der Waals surface area contributed by atoms with E-state index < -0.39 is 5.97 Å². The molecule has 3 N–H and O–H groups in total. The fraction of sp³-hybridized carbons (Fsp3) is 0.579. The summed E-state index contributed by atoms with van der Waals surface area (Å²) in [6, 6.07) is 7.78. The van der Waals surface area contributed by atoms with Crippen LogP contribution in [0.2, 0.25) is 0 Å². The van der Waals surface area contributed by atoms with Gasteiger partial charge in [-0.3, -0.25) is 9.69 Å². The van der Waals surface area contributed by atoms with Gasteiger partial charge in [-0.05, 0) is 38.1 Å². The summed E-state index contributed by atoms with van der Waals surface area (Å²) in [7, 11) is 1.71. The van der Waals surface area contributed by atoms with Crippen LogP contribution in [-0.2, 0) is 4.79 Å². The maximum absolute atomic E-state index is 12.7. The maximum atomic E-state index is 12.7. The van der Waals surface area contributed by atoms with Crippen LogP contribution in [-0.4, -0.2) is 85.8 Å². The lowest BCUT2D eigenvalue weighted by atomic mass is 10.0. The van der Waals surface area contributed by atoms with Gasteiger partial charge in [0.25, 0.3) is 0 Å². The van der Waals surface area contributed by atoms with Gasteiger partial charge in [0.1, 0.15) is 6.54 Å². The maximum Gasteiger partial charge on any atom is 0.323 e. The summed E-state index contributed by atoms with van der Waals surface area (Å²) in [6.07, 6.45) is 2.35. The molecule has 0 unspecified atom stereocenters. The predicted octanol–water partition coefficient (Wildman–Crippen LogP) is 1.11. The summed E-state index contributed by atoms with van der Waals surface area (Å²) in [5.41, 5.74) is 1.33. The average Bonchev–Trinajstić information content (AvgIpc) is 2.68. The van der Waals surface area contributed by atoms with Gasteiger partial charge in [0, 0.05) is 39.3 Å². The molecular formula is C19H29N5O3. The Balaban J connectivity index is 1.56. The van der Waals surface area contributed by atoms with E-state index in [9.17, 15) is 9.59 Å². The Morgan fingerprint density at radius 1 is 1.19 bits per heavy atom. The third-order valence-corrected chi connectivity index (χ3v) is 5.36. The molecule has 8 heteroatoms. The monoisotopic (exact) mass is 375 g/mol. The van der Waals surface area contributed by atoms with E-state index >= 15 is 0 Å². The molecule has 0 spiro atoms. The summed E-state index contributed by atoms with van der Waals surface area (Å²) in [5, 5.41) is 15.4. The quantitative estimate of drug-likeness (QED) is 0.715. The second-order valence-electron chi connectivity index (χ2n) is 7.20. The molecule has 0 atom stereocenters. The minimum absolute atomic E-state index is 0.123. The van der Waals surface area contributed by atoms with Crippen LogP contribution in [0.4, 0.5) is 16.2 Å². The summed E-state index contributed by atoms with van der Waals surface area (Å²) in [4.78, 5) is 29.6. The van der Waals surface area contributed by atoms with Crippen molar-refractivity contribution < 1.29 is 14.7 Å². The van der Waals surface area contributed by atoms with Crippen molar-refractivity contribution in [2.24, 2.45) is 0 Å². The normalized spacial score (nSPS) is 18.9. The SMILES string of the molecule is CN(CC(=O)O)c1ccccc1NC(=O)N1CCN(C2CCNCC2)CC1. The Morgan fingerprint density at radius 3 is 2.52 bits per heavy atom. The van der Waals surface area contributed by atoms with E-state index in [4.69, 9.17) is 5.11 Å². The van der Waals surface area contributed by atoms with Crippen LogP contribution < -0.4 is 15.5 Å². The molecule has 2 aliphatic heterocycles. The summed E-state index contributed by atoms with van der Waals surface area (Å²) < 4.78 is 0. The molecule has 0 saturated carbocycles. The van der Waals surface area contributed by atoms with Crippen molar-refractivity contribution in [3.63, 3.8) is 0 Å². The molecule has 27 heavy (non-hydrogen) atoms. The zero-order valence-electron chi connectivity index (χ0n) is 15.9. The van der Waals surface area contributed by atoms with Gasteiger partial charge < -0.3 is 25.5 Å². The number of carboxylic acids is 1. The van der Waals surface area contributed by atoms with E-state index in [0.717, 1.165) is 26.2 Å². The Morgan fingerprint density at radius 2 is 1.85 bits per heavy atom. The Bertz CT molecular complexity index is 655. The third-order valence-electron chi connectivity index (χ3n) is 5.36. The fourth-order valence-electron chi connectivity index (χ4n) is 3.86. The third kappa shape index (κ3) is 5.11. The number of nitrogens with one attached hydrogen (secondary N) is 2. The second-order valence-corrected chi connectivity index (χ2v) is 7.20. The number of hydrogen-bond acceptors (Lipinski definition) is 5. The highest BCUT2D eigenvalue weighted by atomic mass is 16.4. The molecule has 3 rings (SSSR count). The molecular weight excluding hydrogens is 346 g/mol. The van der Waals surface area contributed by atoms with E-state index in [2.05, 4.69) is 15.5 Å². The van der Waals surface area contributed by atoms with Gasteiger partial charge in [-0.25, -0.2) is 4.79 Å². The minimum atomic E-state index is -0.910. The topological polar surface area (TPSA) is 88.2 Å². The molecule has 1 aromatic rings. The number of para-hydroxylation sites is 2. The summed E-state index contributed by atoms with van der Waals surface area (Å²) in [5.74, 6) is -0.910. The van der Waals surface area contributed by atoms with Gasteiger partial charge in [0.05, 0.1) is 11.4 Å². The zero-order chi connectivity index (χ0) is 19.2. The van der Waals surface area contributed by atoms with Crippen LogP contribution in [0.3, 0.4) is 0 Å². The molecule has 1 aromatic carbocycles. The van der Waals surface area contributed by atoms with Gasteiger partial charge in [-0.2, -0.15) is 0 Å². The number of carbonyl (C=O) groups is 2. The molecule has 2 aliphatic rings. The highest BCUT2D eigenvalue weighted by Crippen LogP contribution is 2.25. The van der Waals surface area contributed by atoms with Crippen LogP contribution in [0.15, 0.2) is 24.3 Å². The first-order valence-corrected chi connectivity index (χ1v) is 9.57. The average molecular weight is 375 g/mol.